The molecule has 1 fully saturated rings. The average Bonchev–Trinajstić information content (AvgIpc) is 3.43. The first-order valence-electron chi connectivity index (χ1n) is 8.85. The van der Waals surface area contributed by atoms with Gasteiger partial charge in [-0.15, -0.1) is 11.8 Å². The zero-order chi connectivity index (χ0) is 19.1. The van der Waals surface area contributed by atoms with Crippen LogP contribution in [0.5, 0.6) is 0 Å². The number of thioether (sulfide) groups is 1. The summed E-state index contributed by atoms with van der Waals surface area (Å²) in [5, 5.41) is 16.7. The van der Waals surface area contributed by atoms with Gasteiger partial charge in [-0.25, -0.2) is 0 Å². The predicted molar refractivity (Wildman–Crippen MR) is 101 cm³/mol. The van der Waals surface area contributed by atoms with E-state index in [1.165, 1.54) is 17.8 Å². The van der Waals surface area contributed by atoms with Crippen LogP contribution in [0.1, 0.15) is 43.5 Å². The van der Waals surface area contributed by atoms with E-state index in [2.05, 4.69) is 24.5 Å². The molecule has 0 bridgehead atoms. The van der Waals surface area contributed by atoms with Crippen molar-refractivity contribution < 1.29 is 14.5 Å². The van der Waals surface area contributed by atoms with Gasteiger partial charge in [0.25, 0.3) is 11.6 Å². The van der Waals surface area contributed by atoms with Gasteiger partial charge in [0.1, 0.15) is 0 Å². The number of nitro groups is 1. The summed E-state index contributed by atoms with van der Waals surface area (Å²) in [5.74, 6) is 1.11. The second kappa shape index (κ2) is 9.56. The molecule has 0 aromatic heterocycles. The van der Waals surface area contributed by atoms with Gasteiger partial charge in [-0.2, -0.15) is 0 Å². The van der Waals surface area contributed by atoms with Gasteiger partial charge < -0.3 is 10.6 Å². The van der Waals surface area contributed by atoms with Crippen molar-refractivity contribution in [3.05, 3.63) is 33.9 Å². The van der Waals surface area contributed by atoms with Gasteiger partial charge in [0, 0.05) is 30.6 Å². The highest BCUT2D eigenvalue weighted by atomic mass is 32.2. The van der Waals surface area contributed by atoms with Crippen molar-refractivity contribution in [2.45, 2.75) is 38.0 Å². The Morgan fingerprint density at radius 2 is 1.96 bits per heavy atom. The van der Waals surface area contributed by atoms with Crippen LogP contribution in [0.25, 0.3) is 0 Å². The highest BCUT2D eigenvalue weighted by Gasteiger charge is 2.29. The number of hydrogen-bond donors (Lipinski definition) is 2. The Bertz CT molecular complexity index is 674. The number of benzene rings is 1. The van der Waals surface area contributed by atoms with Crippen LogP contribution in [0.3, 0.4) is 0 Å². The molecule has 2 amide bonds. The summed E-state index contributed by atoms with van der Waals surface area (Å²) in [5.41, 5.74) is 0.201. The lowest BCUT2D eigenvalue weighted by Gasteiger charge is -2.09. The van der Waals surface area contributed by atoms with Crippen LogP contribution in [0.15, 0.2) is 23.1 Å². The molecule has 1 aromatic rings. The van der Waals surface area contributed by atoms with E-state index in [4.69, 9.17) is 0 Å². The Morgan fingerprint density at radius 3 is 2.58 bits per heavy atom. The first-order chi connectivity index (χ1) is 12.4. The molecule has 0 atom stereocenters. The number of nitrogens with one attached hydrogen (secondary N) is 2. The van der Waals surface area contributed by atoms with E-state index in [1.54, 1.807) is 12.1 Å². The molecular weight excluding hydrogens is 354 g/mol. The smallest absolute Gasteiger partial charge is 0.283 e. The lowest BCUT2D eigenvalue weighted by Crippen LogP contribution is -2.35. The molecule has 26 heavy (non-hydrogen) atoms. The standard InChI is InChI=1S/C18H25N3O4S/c1-12(2)7-10-26-16-6-5-14(11-15(16)21(24)25)18(23)20-9-8-19-17(22)13-3-4-13/h5-6,11-13H,3-4,7-10H2,1-2H3,(H,19,22)(H,20,23). The summed E-state index contributed by atoms with van der Waals surface area (Å²) < 4.78 is 0. The van der Waals surface area contributed by atoms with Crippen LogP contribution in [0, 0.1) is 22.0 Å². The summed E-state index contributed by atoms with van der Waals surface area (Å²) in [4.78, 5) is 35.1. The van der Waals surface area contributed by atoms with Crippen molar-refractivity contribution in [1.29, 1.82) is 0 Å². The third-order valence-electron chi connectivity index (χ3n) is 4.03. The number of nitrogens with zero attached hydrogens (tertiary/aromatic N) is 1. The van der Waals surface area contributed by atoms with Gasteiger partial charge in [-0.3, -0.25) is 19.7 Å². The molecule has 142 valence electrons. The van der Waals surface area contributed by atoms with Crippen LogP contribution in [0.4, 0.5) is 5.69 Å². The molecule has 0 unspecified atom stereocenters. The van der Waals surface area contributed by atoms with E-state index in [-0.39, 0.29) is 35.5 Å². The fourth-order valence-electron chi connectivity index (χ4n) is 2.28. The number of hydrogen-bond acceptors (Lipinski definition) is 5. The summed E-state index contributed by atoms with van der Waals surface area (Å²) >= 11 is 1.44. The van der Waals surface area contributed by atoms with Crippen molar-refractivity contribution >= 4 is 29.3 Å². The first kappa shape index (κ1) is 20.2. The minimum absolute atomic E-state index is 0.0256. The Balaban J connectivity index is 1.88. The number of rotatable bonds is 10. The van der Waals surface area contributed by atoms with Gasteiger partial charge in [0.2, 0.25) is 5.91 Å². The van der Waals surface area contributed by atoms with E-state index in [0.717, 1.165) is 25.0 Å². The van der Waals surface area contributed by atoms with Crippen LogP contribution in [0.2, 0.25) is 0 Å². The van der Waals surface area contributed by atoms with Crippen LogP contribution >= 0.6 is 11.8 Å². The minimum Gasteiger partial charge on any atom is -0.354 e. The van der Waals surface area contributed by atoms with E-state index >= 15 is 0 Å². The molecule has 1 aliphatic carbocycles. The van der Waals surface area contributed by atoms with Gasteiger partial charge in [-0.05, 0) is 43.1 Å². The SMILES string of the molecule is CC(C)CCSc1ccc(C(=O)NCCNC(=O)C2CC2)cc1[N+](=O)[O-]. The molecule has 1 aliphatic rings. The summed E-state index contributed by atoms with van der Waals surface area (Å²) in [6.07, 6.45) is 2.84. The van der Waals surface area contributed by atoms with Gasteiger partial charge in [0.05, 0.1) is 9.82 Å². The molecule has 8 heteroatoms. The second-order valence-electron chi connectivity index (χ2n) is 6.79. The normalized spacial score (nSPS) is 13.5. The van der Waals surface area contributed by atoms with Crippen LogP contribution in [-0.4, -0.2) is 35.6 Å². The van der Waals surface area contributed by atoms with E-state index in [0.29, 0.717) is 17.4 Å². The Kier molecular flexibility index (Phi) is 7.44. The number of nitro benzene ring substituents is 1. The molecule has 0 aliphatic heterocycles. The average molecular weight is 379 g/mol. The molecule has 0 spiro atoms. The van der Waals surface area contributed by atoms with Gasteiger partial charge in [-0.1, -0.05) is 13.8 Å². The largest absolute Gasteiger partial charge is 0.354 e. The molecule has 0 heterocycles. The maximum atomic E-state index is 12.2. The summed E-state index contributed by atoms with van der Waals surface area (Å²) in [6.45, 7) is 4.85. The van der Waals surface area contributed by atoms with Crippen LogP contribution < -0.4 is 10.6 Å². The Morgan fingerprint density at radius 1 is 1.27 bits per heavy atom. The van der Waals surface area contributed by atoms with Gasteiger partial charge in [0.15, 0.2) is 0 Å². The zero-order valence-corrected chi connectivity index (χ0v) is 15.9. The molecular formula is C18H25N3O4S. The lowest BCUT2D eigenvalue weighted by atomic mass is 10.2. The molecule has 1 saturated carbocycles. The number of carbonyl (C=O) groups is 2. The molecule has 0 radical (unpaired) electrons. The maximum Gasteiger partial charge on any atom is 0.283 e. The number of carbonyl (C=O) groups excluding carboxylic acids is 2. The zero-order valence-electron chi connectivity index (χ0n) is 15.1. The monoisotopic (exact) mass is 379 g/mol. The topological polar surface area (TPSA) is 101 Å². The quantitative estimate of drug-likeness (QED) is 0.282. The van der Waals surface area contributed by atoms with Crippen molar-refractivity contribution in [2.75, 3.05) is 18.8 Å². The second-order valence-corrected chi connectivity index (χ2v) is 7.93. The lowest BCUT2D eigenvalue weighted by molar-refractivity contribution is -0.387. The number of amides is 2. The molecule has 2 N–H and O–H groups in total. The van der Waals surface area contributed by atoms with Crippen molar-refractivity contribution in [3.63, 3.8) is 0 Å². The maximum absolute atomic E-state index is 12.2. The fourth-order valence-corrected chi connectivity index (χ4v) is 3.54. The first-order valence-corrected chi connectivity index (χ1v) is 9.84. The molecule has 0 saturated heterocycles. The van der Waals surface area contributed by atoms with Crippen molar-refractivity contribution in [3.8, 4) is 0 Å². The van der Waals surface area contributed by atoms with E-state index in [9.17, 15) is 19.7 Å². The van der Waals surface area contributed by atoms with Crippen molar-refractivity contribution in [2.24, 2.45) is 11.8 Å². The van der Waals surface area contributed by atoms with Crippen LogP contribution in [-0.2, 0) is 4.79 Å². The van der Waals surface area contributed by atoms with E-state index in [1.807, 2.05) is 0 Å². The summed E-state index contributed by atoms with van der Waals surface area (Å²) in [7, 11) is 0. The Hall–Kier alpha value is -2.09. The minimum atomic E-state index is -0.454. The molecule has 7 nitrogen and oxygen atoms in total. The molecule has 2 rings (SSSR count). The third-order valence-corrected chi connectivity index (χ3v) is 5.12. The van der Waals surface area contributed by atoms with Crippen molar-refractivity contribution in [1.82, 2.24) is 10.6 Å². The highest BCUT2D eigenvalue weighted by molar-refractivity contribution is 7.99. The van der Waals surface area contributed by atoms with E-state index < -0.39 is 4.92 Å². The Labute approximate surface area is 157 Å². The predicted octanol–water partition coefficient (Wildman–Crippen LogP) is 2.99. The molecule has 1 aromatic carbocycles. The third kappa shape index (κ3) is 6.33. The fraction of sp³-hybridized carbons (Fsp3) is 0.556. The van der Waals surface area contributed by atoms with Gasteiger partial charge >= 0.3 is 0 Å². The highest BCUT2D eigenvalue weighted by Crippen LogP contribution is 2.31. The summed E-state index contributed by atoms with van der Waals surface area (Å²) in [6, 6.07) is 4.55.